The molecule has 2 rings (SSSR count). The highest BCUT2D eigenvalue weighted by atomic mass is 32.1. The van der Waals surface area contributed by atoms with Crippen molar-refractivity contribution in [2.24, 2.45) is 0 Å². The van der Waals surface area contributed by atoms with Crippen LogP contribution in [-0.2, 0) is 0 Å². The number of rotatable bonds is 4. The third-order valence-electron chi connectivity index (χ3n) is 2.79. The standard InChI is InChI=1S/C14H18N2OS/c1-9(2)11-5-4-6-12(7-11)17-10(3)13-8-18-14(15)16-13/h4-10H,1-3H3,(H2,15,16). The maximum atomic E-state index is 5.89. The topological polar surface area (TPSA) is 48.1 Å². The second-order valence-electron chi connectivity index (χ2n) is 4.60. The van der Waals surface area contributed by atoms with Crippen LogP contribution in [0.1, 0.15) is 44.1 Å². The van der Waals surface area contributed by atoms with Gasteiger partial charge in [-0.15, -0.1) is 11.3 Å². The summed E-state index contributed by atoms with van der Waals surface area (Å²) in [7, 11) is 0. The van der Waals surface area contributed by atoms with Gasteiger partial charge in [-0.1, -0.05) is 26.0 Å². The molecule has 1 aromatic carbocycles. The van der Waals surface area contributed by atoms with Crippen LogP contribution in [0.2, 0.25) is 0 Å². The lowest BCUT2D eigenvalue weighted by atomic mass is 10.0. The molecule has 0 bridgehead atoms. The minimum Gasteiger partial charge on any atom is -0.484 e. The molecule has 1 aromatic heterocycles. The molecule has 1 atom stereocenters. The van der Waals surface area contributed by atoms with Crippen molar-refractivity contribution in [1.29, 1.82) is 0 Å². The molecular weight excluding hydrogens is 244 g/mol. The predicted octanol–water partition coefficient (Wildman–Crippen LogP) is 3.99. The Kier molecular flexibility index (Phi) is 3.87. The van der Waals surface area contributed by atoms with Crippen LogP contribution in [0.4, 0.5) is 5.13 Å². The summed E-state index contributed by atoms with van der Waals surface area (Å²) in [6.45, 7) is 6.32. The smallest absolute Gasteiger partial charge is 0.180 e. The lowest BCUT2D eigenvalue weighted by Crippen LogP contribution is -2.04. The van der Waals surface area contributed by atoms with Crippen LogP contribution in [0, 0.1) is 0 Å². The number of thiazole rings is 1. The van der Waals surface area contributed by atoms with E-state index >= 15 is 0 Å². The van der Waals surface area contributed by atoms with Crippen LogP contribution < -0.4 is 10.5 Å². The third-order valence-corrected chi connectivity index (χ3v) is 3.49. The zero-order valence-corrected chi connectivity index (χ0v) is 11.7. The molecule has 18 heavy (non-hydrogen) atoms. The van der Waals surface area contributed by atoms with Crippen molar-refractivity contribution in [3.05, 3.63) is 40.9 Å². The zero-order chi connectivity index (χ0) is 13.1. The van der Waals surface area contributed by atoms with Gasteiger partial charge in [-0.05, 0) is 30.5 Å². The van der Waals surface area contributed by atoms with Crippen LogP contribution in [-0.4, -0.2) is 4.98 Å². The van der Waals surface area contributed by atoms with Crippen LogP contribution in [0.15, 0.2) is 29.6 Å². The number of ether oxygens (including phenoxy) is 1. The minimum atomic E-state index is -0.0824. The predicted molar refractivity (Wildman–Crippen MR) is 76.1 cm³/mol. The number of nitrogens with two attached hydrogens (primary N) is 1. The van der Waals surface area contributed by atoms with Crippen molar-refractivity contribution < 1.29 is 4.74 Å². The van der Waals surface area contributed by atoms with Gasteiger partial charge in [-0.2, -0.15) is 0 Å². The van der Waals surface area contributed by atoms with Crippen molar-refractivity contribution in [1.82, 2.24) is 4.98 Å². The summed E-state index contributed by atoms with van der Waals surface area (Å²) < 4.78 is 5.89. The van der Waals surface area contributed by atoms with Gasteiger partial charge in [0.05, 0.1) is 5.69 Å². The quantitative estimate of drug-likeness (QED) is 0.906. The molecule has 0 fully saturated rings. The molecule has 1 unspecified atom stereocenters. The zero-order valence-electron chi connectivity index (χ0n) is 10.9. The summed E-state index contributed by atoms with van der Waals surface area (Å²) in [5.74, 6) is 1.37. The van der Waals surface area contributed by atoms with E-state index in [1.807, 2.05) is 24.4 Å². The van der Waals surface area contributed by atoms with Crippen LogP contribution in [0.5, 0.6) is 5.75 Å². The highest BCUT2D eigenvalue weighted by Gasteiger charge is 2.11. The van der Waals surface area contributed by atoms with Gasteiger partial charge in [-0.3, -0.25) is 0 Å². The minimum absolute atomic E-state index is 0.0824. The average molecular weight is 262 g/mol. The van der Waals surface area contributed by atoms with E-state index in [4.69, 9.17) is 10.5 Å². The van der Waals surface area contributed by atoms with Gasteiger partial charge in [0.1, 0.15) is 11.9 Å². The van der Waals surface area contributed by atoms with E-state index < -0.39 is 0 Å². The molecule has 1 heterocycles. The maximum Gasteiger partial charge on any atom is 0.180 e. The Balaban J connectivity index is 2.11. The van der Waals surface area contributed by atoms with Crippen molar-refractivity contribution in [3.63, 3.8) is 0 Å². The number of anilines is 1. The molecule has 0 saturated carbocycles. The Morgan fingerprint density at radius 2 is 2.06 bits per heavy atom. The first-order chi connectivity index (χ1) is 8.56. The van der Waals surface area contributed by atoms with E-state index in [1.165, 1.54) is 16.9 Å². The van der Waals surface area contributed by atoms with Crippen molar-refractivity contribution in [2.75, 3.05) is 5.73 Å². The van der Waals surface area contributed by atoms with Crippen LogP contribution in [0.25, 0.3) is 0 Å². The molecule has 0 saturated heterocycles. The number of hydrogen-bond donors (Lipinski definition) is 1. The number of aromatic nitrogens is 1. The lowest BCUT2D eigenvalue weighted by molar-refractivity contribution is 0.222. The number of hydrogen-bond acceptors (Lipinski definition) is 4. The summed E-state index contributed by atoms with van der Waals surface area (Å²) in [5.41, 5.74) is 7.78. The summed E-state index contributed by atoms with van der Waals surface area (Å²) >= 11 is 1.44. The SMILES string of the molecule is CC(C)c1cccc(OC(C)c2csc(N)n2)c1. The summed E-state index contributed by atoms with van der Waals surface area (Å²) in [6.07, 6.45) is -0.0824. The third kappa shape index (κ3) is 3.01. The fraction of sp³-hybridized carbons (Fsp3) is 0.357. The van der Waals surface area contributed by atoms with Crippen LogP contribution in [0.3, 0.4) is 0 Å². The fourth-order valence-electron chi connectivity index (χ4n) is 1.70. The second-order valence-corrected chi connectivity index (χ2v) is 5.49. The first kappa shape index (κ1) is 12.9. The Labute approximate surface area is 112 Å². The van der Waals surface area contributed by atoms with E-state index in [1.54, 1.807) is 0 Å². The maximum absolute atomic E-state index is 5.89. The molecule has 0 amide bonds. The van der Waals surface area contributed by atoms with Gasteiger partial charge in [-0.25, -0.2) is 4.98 Å². The van der Waals surface area contributed by atoms with E-state index in [-0.39, 0.29) is 6.10 Å². The van der Waals surface area contributed by atoms with Gasteiger partial charge in [0, 0.05) is 5.38 Å². The molecule has 0 radical (unpaired) electrons. The molecule has 96 valence electrons. The molecule has 0 aliphatic heterocycles. The highest BCUT2D eigenvalue weighted by molar-refractivity contribution is 7.13. The van der Waals surface area contributed by atoms with Crippen molar-refractivity contribution in [3.8, 4) is 5.75 Å². The molecule has 0 aliphatic rings. The molecule has 2 N–H and O–H groups in total. The van der Waals surface area contributed by atoms with E-state index in [0.717, 1.165) is 11.4 Å². The molecule has 3 nitrogen and oxygen atoms in total. The first-order valence-corrected chi connectivity index (χ1v) is 6.91. The summed E-state index contributed by atoms with van der Waals surface area (Å²) in [6, 6.07) is 8.19. The Morgan fingerprint density at radius 1 is 1.28 bits per heavy atom. The van der Waals surface area contributed by atoms with E-state index in [9.17, 15) is 0 Å². The normalized spacial score (nSPS) is 12.7. The molecule has 0 spiro atoms. The number of benzene rings is 1. The largest absolute Gasteiger partial charge is 0.484 e. The lowest BCUT2D eigenvalue weighted by Gasteiger charge is -2.14. The Morgan fingerprint density at radius 3 is 2.67 bits per heavy atom. The molecule has 2 aromatic rings. The number of nitrogens with zero attached hydrogens (tertiary/aromatic N) is 1. The van der Waals surface area contributed by atoms with Gasteiger partial charge in [0.2, 0.25) is 0 Å². The molecular formula is C14H18N2OS. The van der Waals surface area contributed by atoms with Gasteiger partial charge in [0.25, 0.3) is 0 Å². The van der Waals surface area contributed by atoms with Crippen LogP contribution >= 0.6 is 11.3 Å². The first-order valence-electron chi connectivity index (χ1n) is 6.03. The average Bonchev–Trinajstić information content (AvgIpc) is 2.76. The van der Waals surface area contributed by atoms with E-state index in [0.29, 0.717) is 11.0 Å². The van der Waals surface area contributed by atoms with Crippen molar-refractivity contribution in [2.45, 2.75) is 32.8 Å². The second kappa shape index (κ2) is 5.40. The number of nitrogen functional groups attached to an aromatic ring is 1. The Hall–Kier alpha value is -1.55. The van der Waals surface area contributed by atoms with Crippen molar-refractivity contribution >= 4 is 16.5 Å². The summed E-state index contributed by atoms with van der Waals surface area (Å²) in [5, 5.41) is 2.52. The molecule has 0 aliphatic carbocycles. The highest BCUT2D eigenvalue weighted by Crippen LogP contribution is 2.26. The van der Waals surface area contributed by atoms with Gasteiger partial charge >= 0.3 is 0 Å². The molecule has 4 heteroatoms. The summed E-state index contributed by atoms with van der Waals surface area (Å²) in [4.78, 5) is 4.24. The van der Waals surface area contributed by atoms with Gasteiger partial charge < -0.3 is 10.5 Å². The Bertz CT molecular complexity index is 522. The fourth-order valence-corrected chi connectivity index (χ4v) is 2.34. The van der Waals surface area contributed by atoms with Gasteiger partial charge in [0.15, 0.2) is 5.13 Å². The monoisotopic (exact) mass is 262 g/mol. The van der Waals surface area contributed by atoms with E-state index in [2.05, 4.69) is 31.0 Å².